The van der Waals surface area contributed by atoms with Gasteiger partial charge in [0.1, 0.15) is 11.2 Å². The quantitative estimate of drug-likeness (QED) is 0.543. The highest BCUT2D eigenvalue weighted by atomic mass is 31.2. The van der Waals surface area contributed by atoms with Gasteiger partial charge >= 0.3 is 8.05 Å². The van der Waals surface area contributed by atoms with Crippen LogP contribution in [0.5, 0.6) is 5.75 Å². The highest BCUT2D eigenvalue weighted by Crippen LogP contribution is 2.43. The number of hydrogen-bond donors (Lipinski definition) is 0. The van der Waals surface area contributed by atoms with Gasteiger partial charge in [0.2, 0.25) is 0 Å². The lowest BCUT2D eigenvalue weighted by molar-refractivity contribution is 0.587. The number of hydrogen-bond acceptors (Lipinski definition) is 3. The second kappa shape index (κ2) is 6.21. The van der Waals surface area contributed by atoms with Gasteiger partial charge in [0.05, 0.1) is 0 Å². The first-order valence-corrected chi connectivity index (χ1v) is 8.68. The Bertz CT molecular complexity index is 766. The number of nitrogens with zero attached hydrogens (tertiary/aromatic N) is 1. The van der Waals surface area contributed by atoms with E-state index in [1.54, 1.807) is 26.4 Å². The molecule has 3 aromatic rings. The summed E-state index contributed by atoms with van der Waals surface area (Å²) in [7, 11) is -1.50. The largest absolute Gasteiger partial charge is 0.566 e. The molecule has 3 rings (SSSR count). The smallest absolute Gasteiger partial charge is 0.322 e. The van der Waals surface area contributed by atoms with E-state index in [0.29, 0.717) is 11.2 Å². The molecule has 22 heavy (non-hydrogen) atoms. The molecule has 2 aromatic carbocycles. The van der Waals surface area contributed by atoms with Crippen LogP contribution in [-0.4, -0.2) is 13.0 Å². The van der Waals surface area contributed by atoms with E-state index in [4.69, 9.17) is 4.65 Å². The number of aromatic nitrogens is 1. The minimum Gasteiger partial charge on any atom is -0.566 e. The predicted octanol–water partition coefficient (Wildman–Crippen LogP) is 1.65. The Morgan fingerprint density at radius 1 is 0.818 bits per heavy atom. The molecule has 0 unspecified atom stereocenters. The predicted molar refractivity (Wildman–Crippen MR) is 92.8 cm³/mol. The van der Waals surface area contributed by atoms with Crippen LogP contribution in [0.2, 0.25) is 0 Å². The van der Waals surface area contributed by atoms with Crippen LogP contribution in [0.4, 0.5) is 0 Å². The standard InChI is InChI=1S/C17H15BNO2P/c18-21-16-12-7-13-19-17(16)22(20,14-8-3-1-4-9-14)15-10-5-2-6-11-15/h1-13H,18H2. The Balaban J connectivity index is 2.32. The molecule has 0 atom stereocenters. The summed E-state index contributed by atoms with van der Waals surface area (Å²) in [6.07, 6.45) is 1.65. The molecule has 108 valence electrons. The van der Waals surface area contributed by atoms with Crippen molar-refractivity contribution in [2.24, 2.45) is 0 Å². The summed E-state index contributed by atoms with van der Waals surface area (Å²) in [6, 6.07) is 22.5. The lowest BCUT2D eigenvalue weighted by atomic mass is 10.4. The SMILES string of the molecule is BOc1cccnc1P(=O)(c1ccccc1)c1ccccc1. The zero-order chi connectivity index (χ0) is 15.4. The number of benzene rings is 2. The molecule has 0 N–H and O–H groups in total. The van der Waals surface area contributed by atoms with Crippen LogP contribution in [0.1, 0.15) is 0 Å². The second-order valence-electron chi connectivity index (χ2n) is 4.81. The van der Waals surface area contributed by atoms with Crippen LogP contribution in [0, 0.1) is 0 Å². The topological polar surface area (TPSA) is 39.2 Å². The molecular formula is C17H15BNO2P. The highest BCUT2D eigenvalue weighted by Gasteiger charge is 2.33. The van der Waals surface area contributed by atoms with Crippen LogP contribution >= 0.6 is 7.14 Å². The van der Waals surface area contributed by atoms with Crippen LogP contribution in [0.15, 0.2) is 79.0 Å². The average molecular weight is 307 g/mol. The maximum atomic E-state index is 14.1. The molecule has 0 fully saturated rings. The van der Waals surface area contributed by atoms with Crippen molar-refractivity contribution >= 4 is 31.2 Å². The zero-order valence-corrected chi connectivity index (χ0v) is 13.1. The molecule has 0 spiro atoms. The van der Waals surface area contributed by atoms with Gasteiger partial charge in [-0.15, -0.1) is 0 Å². The van der Waals surface area contributed by atoms with E-state index >= 15 is 0 Å². The number of pyridine rings is 1. The molecule has 0 amide bonds. The Hall–Kier alpha value is -2.32. The molecule has 0 aliphatic heterocycles. The highest BCUT2D eigenvalue weighted by molar-refractivity contribution is 7.85. The second-order valence-corrected chi connectivity index (χ2v) is 7.48. The van der Waals surface area contributed by atoms with Crippen LogP contribution in [0.25, 0.3) is 0 Å². The van der Waals surface area contributed by atoms with Crippen molar-refractivity contribution in [2.45, 2.75) is 0 Å². The lowest BCUT2D eigenvalue weighted by Crippen LogP contribution is -2.28. The van der Waals surface area contributed by atoms with E-state index < -0.39 is 7.14 Å². The van der Waals surface area contributed by atoms with Gasteiger partial charge in [0, 0.05) is 16.8 Å². The van der Waals surface area contributed by atoms with E-state index in [9.17, 15) is 4.57 Å². The Morgan fingerprint density at radius 3 is 1.86 bits per heavy atom. The van der Waals surface area contributed by atoms with Gasteiger partial charge < -0.3 is 9.22 Å². The molecule has 0 saturated carbocycles. The maximum Gasteiger partial charge on any atom is 0.322 e. The molecule has 0 radical (unpaired) electrons. The average Bonchev–Trinajstić information content (AvgIpc) is 2.62. The fraction of sp³-hybridized carbons (Fsp3) is 0. The van der Waals surface area contributed by atoms with E-state index in [1.165, 1.54) is 0 Å². The molecular weight excluding hydrogens is 292 g/mol. The molecule has 1 heterocycles. The van der Waals surface area contributed by atoms with Crippen molar-refractivity contribution in [3.63, 3.8) is 0 Å². The number of rotatable bonds is 4. The van der Waals surface area contributed by atoms with Crippen molar-refractivity contribution in [3.05, 3.63) is 79.0 Å². The van der Waals surface area contributed by atoms with Crippen molar-refractivity contribution in [1.29, 1.82) is 0 Å². The van der Waals surface area contributed by atoms with Crippen molar-refractivity contribution < 1.29 is 9.22 Å². The Labute approximate surface area is 130 Å². The van der Waals surface area contributed by atoms with Gasteiger partial charge in [-0.2, -0.15) is 0 Å². The summed E-state index contributed by atoms with van der Waals surface area (Å²) in [5, 5.41) is 1.50. The molecule has 0 bridgehead atoms. The Morgan fingerprint density at radius 2 is 1.36 bits per heavy atom. The zero-order valence-electron chi connectivity index (χ0n) is 12.2. The third-order valence-electron chi connectivity index (χ3n) is 3.51. The first-order valence-electron chi connectivity index (χ1n) is 6.97. The summed E-state index contributed by atoms with van der Waals surface area (Å²) < 4.78 is 19.5. The first-order chi connectivity index (χ1) is 10.8. The maximum absolute atomic E-state index is 14.1. The van der Waals surface area contributed by atoms with E-state index in [1.807, 2.05) is 60.7 Å². The van der Waals surface area contributed by atoms with Crippen molar-refractivity contribution in [3.8, 4) is 5.75 Å². The first kappa shape index (κ1) is 14.6. The third kappa shape index (κ3) is 2.47. The third-order valence-corrected chi connectivity index (χ3v) is 6.49. The fourth-order valence-corrected chi connectivity index (χ4v) is 5.12. The summed E-state index contributed by atoms with van der Waals surface area (Å²) in [4.78, 5) is 4.39. The van der Waals surface area contributed by atoms with Crippen LogP contribution < -0.4 is 20.7 Å². The molecule has 0 aliphatic rings. The molecule has 1 aromatic heterocycles. The minimum atomic E-state index is -3.07. The van der Waals surface area contributed by atoms with Crippen LogP contribution in [0.3, 0.4) is 0 Å². The van der Waals surface area contributed by atoms with E-state index in [0.717, 1.165) is 10.6 Å². The van der Waals surface area contributed by atoms with Gasteiger partial charge in [0.25, 0.3) is 0 Å². The molecule has 5 heteroatoms. The molecule has 3 nitrogen and oxygen atoms in total. The van der Waals surface area contributed by atoms with E-state index in [2.05, 4.69) is 4.98 Å². The normalized spacial score (nSPS) is 11.1. The Kier molecular flexibility index (Phi) is 4.12. The molecule has 0 aliphatic carbocycles. The van der Waals surface area contributed by atoms with Crippen LogP contribution in [-0.2, 0) is 4.57 Å². The lowest BCUT2D eigenvalue weighted by Gasteiger charge is -2.20. The summed E-state index contributed by atoms with van der Waals surface area (Å²) in [5.74, 6) is 0.540. The van der Waals surface area contributed by atoms with Gasteiger partial charge in [0.15, 0.2) is 7.14 Å². The van der Waals surface area contributed by atoms with Gasteiger partial charge in [-0.25, -0.2) is 4.98 Å². The fourth-order valence-electron chi connectivity index (χ4n) is 2.45. The summed E-state index contributed by atoms with van der Waals surface area (Å²) in [6.45, 7) is 0. The van der Waals surface area contributed by atoms with Crippen molar-refractivity contribution in [2.75, 3.05) is 0 Å². The molecule has 0 saturated heterocycles. The van der Waals surface area contributed by atoms with E-state index in [-0.39, 0.29) is 0 Å². The summed E-state index contributed by atoms with van der Waals surface area (Å²) >= 11 is 0. The van der Waals surface area contributed by atoms with Gasteiger partial charge in [-0.05, 0) is 12.1 Å². The minimum absolute atomic E-state index is 0.481. The van der Waals surface area contributed by atoms with Gasteiger partial charge in [-0.1, -0.05) is 60.7 Å². The van der Waals surface area contributed by atoms with Gasteiger partial charge in [-0.3, -0.25) is 0 Å². The summed E-state index contributed by atoms with van der Waals surface area (Å²) in [5.41, 5.74) is 0.481. The van der Waals surface area contributed by atoms with Crippen molar-refractivity contribution in [1.82, 2.24) is 4.98 Å². The monoisotopic (exact) mass is 307 g/mol.